The highest BCUT2D eigenvalue weighted by atomic mass is 35.5. The lowest BCUT2D eigenvalue weighted by molar-refractivity contribution is 0.546. The fourth-order valence-electron chi connectivity index (χ4n) is 0. The number of halogens is 2. The maximum absolute atomic E-state index is 9.47. The molecule has 0 spiro atoms. The van der Waals surface area contributed by atoms with E-state index >= 15 is 0 Å². The van der Waals surface area contributed by atoms with E-state index < -0.39 is 11.3 Å². The van der Waals surface area contributed by atoms with Gasteiger partial charge in [0.05, 0.1) is 0 Å². The van der Waals surface area contributed by atoms with Crippen molar-refractivity contribution in [2.75, 3.05) is 0 Å². The summed E-state index contributed by atoms with van der Waals surface area (Å²) in [6.07, 6.45) is 0. The van der Waals surface area contributed by atoms with E-state index in [0.717, 1.165) is 0 Å². The number of hydrogen-bond acceptors (Lipinski definition) is 1. The van der Waals surface area contributed by atoms with Crippen LogP contribution in [0.2, 0.25) is 0 Å². The molecule has 0 fully saturated rings. The van der Waals surface area contributed by atoms with Gasteiger partial charge in [-0.2, -0.15) is 0 Å². The van der Waals surface area contributed by atoms with Crippen LogP contribution in [0, 0.1) is 0 Å². The molecule has 1 atom stereocenters. The molecule has 6 heteroatoms. The van der Waals surface area contributed by atoms with Gasteiger partial charge in [0.15, 0.2) is 0 Å². The van der Waals surface area contributed by atoms with Crippen LogP contribution in [-0.2, 0) is 11.3 Å². The summed E-state index contributed by atoms with van der Waals surface area (Å²) in [5.41, 5.74) is 0. The Balaban J connectivity index is 3.26. The van der Waals surface area contributed by atoms with Crippen LogP contribution in [-0.4, -0.2) is 12.1 Å². The average molecular weight is 150 g/mol. The quantitative estimate of drug-likeness (QED) is 0.442. The first-order valence-electron chi connectivity index (χ1n) is 0.870. The van der Waals surface area contributed by atoms with Crippen LogP contribution >= 0.6 is 23.6 Å². The second-order valence-electron chi connectivity index (χ2n) is 0.433. The Bertz CT molecular complexity index is 62.6. The van der Waals surface area contributed by atoms with E-state index in [-0.39, 0.29) is 3.34 Å². The Morgan fingerprint density at radius 2 is 1.83 bits per heavy atom. The van der Waals surface area contributed by atoms with Crippen molar-refractivity contribution in [1.82, 2.24) is 3.34 Å². The van der Waals surface area contributed by atoms with Gasteiger partial charge in [-0.1, -0.05) is 0 Å². The van der Waals surface area contributed by atoms with Gasteiger partial charge >= 0.3 is 0 Å². The van der Waals surface area contributed by atoms with Crippen LogP contribution < -0.4 is 0 Å². The molecule has 0 rings (SSSR count). The molecule has 38 valence electrons. The summed E-state index contributed by atoms with van der Waals surface area (Å²) in [5, 5.41) is 0. The van der Waals surface area contributed by atoms with Crippen LogP contribution in [0.3, 0.4) is 0 Å². The molecule has 0 amide bonds. The molecular formula is HCl2NO2S. The van der Waals surface area contributed by atoms with E-state index in [1.54, 1.807) is 0 Å². The molecule has 1 unspecified atom stereocenters. The summed E-state index contributed by atoms with van der Waals surface area (Å²) in [4.78, 5) is 0. The van der Waals surface area contributed by atoms with Gasteiger partial charge in [-0.3, -0.25) is 4.55 Å². The monoisotopic (exact) mass is 149 g/mol. The van der Waals surface area contributed by atoms with Crippen molar-refractivity contribution in [3.63, 3.8) is 0 Å². The third-order valence-corrected chi connectivity index (χ3v) is 1.06. The molecule has 0 heterocycles. The summed E-state index contributed by atoms with van der Waals surface area (Å²) in [6.45, 7) is 0. The first-order chi connectivity index (χ1) is 2.64. The SMILES string of the molecule is O=S(O)N(Cl)Cl. The van der Waals surface area contributed by atoms with Crippen LogP contribution in [0.5, 0.6) is 0 Å². The summed E-state index contributed by atoms with van der Waals surface area (Å²) in [6, 6.07) is 0. The van der Waals surface area contributed by atoms with Gasteiger partial charge in [0, 0.05) is 23.6 Å². The molecule has 0 aliphatic rings. The number of hydrogen-bond donors (Lipinski definition) is 1. The molecule has 0 aromatic rings. The maximum atomic E-state index is 9.47. The van der Waals surface area contributed by atoms with Crippen molar-refractivity contribution in [1.29, 1.82) is 0 Å². The van der Waals surface area contributed by atoms with E-state index in [9.17, 15) is 4.21 Å². The van der Waals surface area contributed by atoms with E-state index in [0.29, 0.717) is 0 Å². The Kier molecular flexibility index (Phi) is 3.06. The molecule has 6 heavy (non-hydrogen) atoms. The first-order valence-corrected chi connectivity index (χ1v) is 2.61. The summed E-state index contributed by atoms with van der Waals surface area (Å²) >= 11 is 7.07. The minimum Gasteiger partial charge on any atom is -0.292 e. The number of rotatable bonds is 1. The third kappa shape index (κ3) is 2.87. The lowest BCUT2D eigenvalue weighted by atomic mass is 13.9. The molecule has 1 N–H and O–H groups in total. The zero-order chi connectivity index (χ0) is 5.15. The molecule has 0 bridgehead atoms. The number of nitrogens with zero attached hydrogens (tertiary/aromatic N) is 1. The van der Waals surface area contributed by atoms with Crippen molar-refractivity contribution in [2.24, 2.45) is 0 Å². The zero-order valence-corrected chi connectivity index (χ0v) is 4.80. The molecule has 0 aliphatic heterocycles. The lowest BCUT2D eigenvalue weighted by Gasteiger charge is -1.89. The van der Waals surface area contributed by atoms with Crippen molar-refractivity contribution in [3.8, 4) is 0 Å². The average Bonchev–Trinajstić information content (AvgIpc) is 1.36. The second-order valence-corrected chi connectivity index (χ2v) is 2.51. The van der Waals surface area contributed by atoms with Crippen molar-refractivity contribution < 1.29 is 8.76 Å². The highest BCUT2D eigenvalue weighted by molar-refractivity contribution is 7.78. The fraction of sp³-hybridized carbons (Fsp3) is 0. The molecule has 0 aromatic heterocycles. The standard InChI is InChI=1S/Cl2HNO2S/c1-3(2)6(4)5/h(H,4,5). The third-order valence-electron chi connectivity index (χ3n) is 0.118. The zero-order valence-electron chi connectivity index (χ0n) is 2.47. The summed E-state index contributed by atoms with van der Waals surface area (Å²) < 4.78 is 17.4. The van der Waals surface area contributed by atoms with Crippen LogP contribution in [0.25, 0.3) is 0 Å². The van der Waals surface area contributed by atoms with Gasteiger partial charge in [-0.25, -0.2) is 4.21 Å². The van der Waals surface area contributed by atoms with Gasteiger partial charge < -0.3 is 0 Å². The Morgan fingerprint density at radius 3 is 1.83 bits per heavy atom. The minimum atomic E-state index is -2.25. The van der Waals surface area contributed by atoms with Gasteiger partial charge in [0.1, 0.15) is 0 Å². The molecular weight excluding hydrogens is 149 g/mol. The van der Waals surface area contributed by atoms with E-state index in [1.165, 1.54) is 0 Å². The topological polar surface area (TPSA) is 40.5 Å². The first kappa shape index (κ1) is 6.65. The largest absolute Gasteiger partial charge is 0.292 e. The van der Waals surface area contributed by atoms with E-state index in [4.69, 9.17) is 4.55 Å². The molecule has 3 nitrogen and oxygen atoms in total. The van der Waals surface area contributed by atoms with Crippen molar-refractivity contribution in [3.05, 3.63) is 0 Å². The van der Waals surface area contributed by atoms with Gasteiger partial charge in [-0.15, -0.1) is 0 Å². The smallest absolute Gasteiger partial charge is 0.264 e. The van der Waals surface area contributed by atoms with Crippen LogP contribution in [0.4, 0.5) is 0 Å². The Morgan fingerprint density at radius 1 is 1.67 bits per heavy atom. The van der Waals surface area contributed by atoms with Crippen LogP contribution in [0.15, 0.2) is 0 Å². The van der Waals surface area contributed by atoms with Crippen molar-refractivity contribution >= 4 is 34.8 Å². The summed E-state index contributed by atoms with van der Waals surface area (Å²) in [7, 11) is 0. The second kappa shape index (κ2) is 2.76. The lowest BCUT2D eigenvalue weighted by Crippen LogP contribution is -1.98. The summed E-state index contributed by atoms with van der Waals surface area (Å²) in [5.74, 6) is 0. The highest BCUT2D eigenvalue weighted by Gasteiger charge is 1.97. The van der Waals surface area contributed by atoms with Crippen LogP contribution in [0.1, 0.15) is 0 Å². The van der Waals surface area contributed by atoms with Gasteiger partial charge in [0.25, 0.3) is 11.3 Å². The molecule has 0 radical (unpaired) electrons. The van der Waals surface area contributed by atoms with Gasteiger partial charge in [0.2, 0.25) is 0 Å². The maximum Gasteiger partial charge on any atom is 0.264 e. The fourth-order valence-corrected chi connectivity index (χ4v) is 0. The predicted octanol–water partition coefficient (Wildman–Crippen LogP) is 0.733. The minimum absolute atomic E-state index is 0.139. The van der Waals surface area contributed by atoms with Gasteiger partial charge in [-0.05, 0) is 3.34 Å². The molecule has 0 saturated carbocycles. The normalized spacial score (nSPS) is 15.3. The predicted molar refractivity (Wildman–Crippen MR) is 24.3 cm³/mol. The Labute approximate surface area is 47.5 Å². The molecule has 0 saturated heterocycles. The Hall–Kier alpha value is 0.650. The van der Waals surface area contributed by atoms with E-state index in [1.807, 2.05) is 0 Å². The van der Waals surface area contributed by atoms with E-state index in [2.05, 4.69) is 23.6 Å². The highest BCUT2D eigenvalue weighted by Crippen LogP contribution is 1.98. The molecule has 0 aromatic carbocycles. The molecule has 0 aliphatic carbocycles. The van der Waals surface area contributed by atoms with Crippen molar-refractivity contribution in [2.45, 2.75) is 0 Å².